The molecule has 3 nitrogen and oxygen atoms in total. The van der Waals surface area contributed by atoms with Gasteiger partial charge in [-0.3, -0.25) is 4.90 Å². The molecule has 0 aromatic carbocycles. The van der Waals surface area contributed by atoms with Gasteiger partial charge in [-0.05, 0) is 20.8 Å². The van der Waals surface area contributed by atoms with Crippen LogP contribution in [0, 0.1) is 0 Å². The van der Waals surface area contributed by atoms with Crippen molar-refractivity contribution in [3.8, 4) is 0 Å². The van der Waals surface area contributed by atoms with Crippen molar-refractivity contribution in [3.05, 3.63) is 0 Å². The summed E-state index contributed by atoms with van der Waals surface area (Å²) in [5.74, 6) is 0. The van der Waals surface area contributed by atoms with Crippen LogP contribution in [0.1, 0.15) is 27.2 Å². The summed E-state index contributed by atoms with van der Waals surface area (Å²) >= 11 is 4.89. The highest BCUT2D eigenvalue weighted by atomic mass is 32.1. The molecular weight excluding hydrogens is 206 g/mol. The van der Waals surface area contributed by atoms with Gasteiger partial charge in [0.05, 0.1) is 4.99 Å². The first kappa shape index (κ1) is 12.9. The minimum atomic E-state index is 0.301. The minimum absolute atomic E-state index is 0.301. The maximum atomic E-state index is 5.50. The average molecular weight is 229 g/mol. The van der Waals surface area contributed by atoms with Crippen molar-refractivity contribution in [1.82, 2.24) is 9.80 Å². The second-order valence-corrected chi connectivity index (χ2v) is 5.74. The highest BCUT2D eigenvalue weighted by molar-refractivity contribution is 7.80. The van der Waals surface area contributed by atoms with Crippen LogP contribution in [0.25, 0.3) is 0 Å². The molecule has 0 aromatic heterocycles. The number of nitrogens with two attached hydrogens (primary N) is 1. The zero-order valence-electron chi connectivity index (χ0n) is 10.1. The Morgan fingerprint density at radius 2 is 1.73 bits per heavy atom. The van der Waals surface area contributed by atoms with Crippen molar-refractivity contribution < 1.29 is 0 Å². The van der Waals surface area contributed by atoms with E-state index in [1.165, 1.54) is 0 Å². The summed E-state index contributed by atoms with van der Waals surface area (Å²) in [6, 6.07) is 0. The smallest absolute Gasteiger partial charge is 0.0740 e. The largest absolute Gasteiger partial charge is 0.393 e. The van der Waals surface area contributed by atoms with Gasteiger partial charge >= 0.3 is 0 Å². The Morgan fingerprint density at radius 1 is 1.20 bits per heavy atom. The zero-order chi connectivity index (χ0) is 11.5. The minimum Gasteiger partial charge on any atom is -0.393 e. The maximum Gasteiger partial charge on any atom is 0.0740 e. The molecule has 1 fully saturated rings. The van der Waals surface area contributed by atoms with Gasteiger partial charge in [0.1, 0.15) is 0 Å². The number of thiocarbonyl (C=S) groups is 1. The van der Waals surface area contributed by atoms with Crippen LogP contribution in [0.4, 0.5) is 0 Å². The molecule has 1 rings (SSSR count). The topological polar surface area (TPSA) is 32.5 Å². The highest BCUT2D eigenvalue weighted by Crippen LogP contribution is 2.15. The van der Waals surface area contributed by atoms with E-state index in [2.05, 4.69) is 30.6 Å². The van der Waals surface area contributed by atoms with Gasteiger partial charge in [0, 0.05) is 44.7 Å². The van der Waals surface area contributed by atoms with Crippen molar-refractivity contribution in [2.75, 3.05) is 32.7 Å². The van der Waals surface area contributed by atoms with Gasteiger partial charge in [-0.25, -0.2) is 0 Å². The number of hydrogen-bond acceptors (Lipinski definition) is 3. The van der Waals surface area contributed by atoms with Gasteiger partial charge in [-0.1, -0.05) is 12.2 Å². The van der Waals surface area contributed by atoms with Crippen LogP contribution in [0.15, 0.2) is 0 Å². The lowest BCUT2D eigenvalue weighted by molar-refractivity contribution is 0.0636. The first-order valence-electron chi connectivity index (χ1n) is 5.65. The van der Waals surface area contributed by atoms with Gasteiger partial charge in [0.15, 0.2) is 0 Å². The molecule has 0 spiro atoms. The molecule has 0 bridgehead atoms. The molecule has 15 heavy (non-hydrogen) atoms. The lowest BCUT2D eigenvalue weighted by atomic mass is 10.0. The van der Waals surface area contributed by atoms with Crippen molar-refractivity contribution in [2.24, 2.45) is 5.73 Å². The van der Waals surface area contributed by atoms with Crippen molar-refractivity contribution in [1.29, 1.82) is 0 Å². The molecule has 0 aromatic rings. The maximum absolute atomic E-state index is 5.50. The Balaban J connectivity index is 2.27. The molecule has 1 saturated heterocycles. The van der Waals surface area contributed by atoms with E-state index >= 15 is 0 Å². The first-order chi connectivity index (χ1) is 6.89. The number of piperazine rings is 1. The predicted octanol–water partition coefficient (Wildman–Crippen LogP) is 1.08. The lowest BCUT2D eigenvalue weighted by Gasteiger charge is -2.42. The number of nitrogens with zero attached hydrogens (tertiary/aromatic N) is 2. The second-order valence-electron chi connectivity index (χ2n) is 5.22. The van der Waals surface area contributed by atoms with Crippen LogP contribution in [0.5, 0.6) is 0 Å². The van der Waals surface area contributed by atoms with E-state index in [1.54, 1.807) is 0 Å². The fourth-order valence-electron chi connectivity index (χ4n) is 1.91. The third kappa shape index (κ3) is 4.45. The summed E-state index contributed by atoms with van der Waals surface area (Å²) in [5, 5.41) is 0. The molecule has 0 radical (unpaired) electrons. The third-order valence-electron chi connectivity index (χ3n) is 3.00. The fourth-order valence-corrected chi connectivity index (χ4v) is 2.00. The van der Waals surface area contributed by atoms with Crippen LogP contribution in [0.2, 0.25) is 0 Å². The summed E-state index contributed by atoms with van der Waals surface area (Å²) in [7, 11) is 0. The van der Waals surface area contributed by atoms with E-state index < -0.39 is 0 Å². The summed E-state index contributed by atoms with van der Waals surface area (Å²) in [5.41, 5.74) is 5.80. The van der Waals surface area contributed by atoms with E-state index in [4.69, 9.17) is 18.0 Å². The van der Waals surface area contributed by atoms with Gasteiger partial charge < -0.3 is 10.6 Å². The first-order valence-corrected chi connectivity index (χ1v) is 6.06. The Kier molecular flexibility index (Phi) is 4.49. The molecule has 0 aliphatic carbocycles. The van der Waals surface area contributed by atoms with Crippen LogP contribution >= 0.6 is 12.2 Å². The molecule has 0 unspecified atom stereocenters. The lowest BCUT2D eigenvalue weighted by Crippen LogP contribution is -2.53. The summed E-state index contributed by atoms with van der Waals surface area (Å²) < 4.78 is 0. The molecule has 1 aliphatic rings. The quantitative estimate of drug-likeness (QED) is 0.734. The summed E-state index contributed by atoms with van der Waals surface area (Å²) in [4.78, 5) is 5.61. The van der Waals surface area contributed by atoms with Crippen molar-refractivity contribution in [3.63, 3.8) is 0 Å². The number of hydrogen-bond donors (Lipinski definition) is 1. The van der Waals surface area contributed by atoms with Crippen LogP contribution in [0.3, 0.4) is 0 Å². The molecule has 4 heteroatoms. The van der Waals surface area contributed by atoms with Crippen LogP contribution in [-0.4, -0.2) is 53.1 Å². The van der Waals surface area contributed by atoms with Crippen LogP contribution < -0.4 is 5.73 Å². The van der Waals surface area contributed by atoms with E-state index in [-0.39, 0.29) is 0 Å². The average Bonchev–Trinajstić information content (AvgIpc) is 2.14. The Labute approximate surface area is 98.6 Å². The van der Waals surface area contributed by atoms with Gasteiger partial charge in [0.25, 0.3) is 0 Å². The monoisotopic (exact) mass is 229 g/mol. The standard InChI is InChI=1S/C11H23N3S/c1-11(2,3)14-8-6-13(7-9-14)5-4-10(12)15/h4-9H2,1-3H3,(H2,12,15). The normalized spacial score (nSPS) is 20.5. The van der Waals surface area contributed by atoms with Gasteiger partial charge in [0.2, 0.25) is 0 Å². The van der Waals surface area contributed by atoms with E-state index in [1.807, 2.05) is 0 Å². The van der Waals surface area contributed by atoms with E-state index in [0.29, 0.717) is 10.5 Å². The molecule has 0 atom stereocenters. The predicted molar refractivity (Wildman–Crippen MR) is 69.2 cm³/mol. The summed E-state index contributed by atoms with van der Waals surface area (Å²) in [6.07, 6.45) is 0.852. The Hall–Kier alpha value is -0.190. The molecule has 1 heterocycles. The molecule has 88 valence electrons. The molecule has 0 amide bonds. The molecular formula is C11H23N3S. The Bertz CT molecular complexity index is 214. The second kappa shape index (κ2) is 5.23. The summed E-state index contributed by atoms with van der Waals surface area (Å²) in [6.45, 7) is 12.4. The third-order valence-corrected chi connectivity index (χ3v) is 3.20. The number of rotatable bonds is 3. The molecule has 0 saturated carbocycles. The SMILES string of the molecule is CC(C)(C)N1CCN(CCC(N)=S)CC1. The highest BCUT2D eigenvalue weighted by Gasteiger charge is 2.25. The fraction of sp³-hybridized carbons (Fsp3) is 0.909. The van der Waals surface area contributed by atoms with Crippen LogP contribution in [-0.2, 0) is 0 Å². The van der Waals surface area contributed by atoms with Crippen molar-refractivity contribution in [2.45, 2.75) is 32.7 Å². The molecule has 2 N–H and O–H groups in total. The van der Waals surface area contributed by atoms with Crippen molar-refractivity contribution >= 4 is 17.2 Å². The van der Waals surface area contributed by atoms with E-state index in [9.17, 15) is 0 Å². The zero-order valence-corrected chi connectivity index (χ0v) is 10.9. The van der Waals surface area contributed by atoms with Gasteiger partial charge in [-0.15, -0.1) is 0 Å². The molecule has 1 aliphatic heterocycles. The van der Waals surface area contributed by atoms with E-state index in [0.717, 1.165) is 39.1 Å². The Morgan fingerprint density at radius 3 is 2.13 bits per heavy atom. The van der Waals surface area contributed by atoms with Gasteiger partial charge in [-0.2, -0.15) is 0 Å².